The average Bonchev–Trinajstić information content (AvgIpc) is 2.61. The molecule has 0 aliphatic heterocycles. The highest BCUT2D eigenvalue weighted by Gasteiger charge is 2.21. The van der Waals surface area contributed by atoms with Crippen molar-refractivity contribution in [2.24, 2.45) is 11.7 Å². The first-order valence-electron chi connectivity index (χ1n) is 8.60. The molecule has 1 heterocycles. The number of ether oxygens (including phenoxy) is 1. The topological polar surface area (TPSA) is 120 Å². The third-order valence-electron chi connectivity index (χ3n) is 3.93. The number of anilines is 1. The van der Waals surface area contributed by atoms with E-state index in [-0.39, 0.29) is 29.7 Å². The fraction of sp³-hybridized carbons (Fsp3) is 0.316. The molecule has 1 aromatic heterocycles. The summed E-state index contributed by atoms with van der Waals surface area (Å²) >= 11 is 12.3. The summed E-state index contributed by atoms with van der Waals surface area (Å²) in [4.78, 5) is 28.0. The molecule has 0 fully saturated rings. The van der Waals surface area contributed by atoms with Crippen LogP contribution in [0.3, 0.4) is 0 Å². The number of pyridine rings is 1. The van der Waals surface area contributed by atoms with Gasteiger partial charge in [0.2, 0.25) is 5.91 Å². The Morgan fingerprint density at radius 3 is 2.46 bits per heavy atom. The largest absolute Gasteiger partial charge is 0.485 e. The number of nitrogen functional groups attached to an aromatic ring is 1. The molecule has 5 N–H and O–H groups in total. The summed E-state index contributed by atoms with van der Waals surface area (Å²) < 4.78 is 5.66. The van der Waals surface area contributed by atoms with E-state index in [1.807, 2.05) is 13.8 Å². The van der Waals surface area contributed by atoms with E-state index in [1.165, 1.54) is 12.3 Å². The number of nitrogens with two attached hydrogens (primary N) is 2. The number of hydrogen-bond donors (Lipinski definition) is 3. The first-order valence-corrected chi connectivity index (χ1v) is 9.36. The minimum Gasteiger partial charge on any atom is -0.485 e. The molecule has 2 aromatic rings. The van der Waals surface area contributed by atoms with E-state index in [2.05, 4.69) is 10.3 Å². The van der Waals surface area contributed by atoms with Gasteiger partial charge in [0.15, 0.2) is 11.6 Å². The van der Waals surface area contributed by atoms with Gasteiger partial charge >= 0.3 is 0 Å². The van der Waals surface area contributed by atoms with Crippen molar-refractivity contribution in [3.63, 3.8) is 0 Å². The SMILES string of the molecule is CC(C)CC(NC(=O)c1cnc(N)c(OCc2c(Cl)cccc2Cl)c1)C(N)=O. The number of primary amides is 1. The number of hydrogen-bond acceptors (Lipinski definition) is 5. The van der Waals surface area contributed by atoms with E-state index < -0.39 is 17.9 Å². The second-order valence-corrected chi connectivity index (χ2v) is 7.47. The molecule has 28 heavy (non-hydrogen) atoms. The number of benzene rings is 1. The van der Waals surface area contributed by atoms with Gasteiger partial charge in [0, 0.05) is 21.8 Å². The Morgan fingerprint density at radius 2 is 1.89 bits per heavy atom. The number of aromatic nitrogens is 1. The van der Waals surface area contributed by atoms with Gasteiger partial charge in [-0.15, -0.1) is 0 Å². The second-order valence-electron chi connectivity index (χ2n) is 6.65. The maximum atomic E-state index is 12.5. The summed E-state index contributed by atoms with van der Waals surface area (Å²) in [6.45, 7) is 3.91. The Hall–Kier alpha value is -2.51. The van der Waals surface area contributed by atoms with Crippen LogP contribution in [-0.2, 0) is 11.4 Å². The fourth-order valence-corrected chi connectivity index (χ4v) is 2.98. The summed E-state index contributed by atoms with van der Waals surface area (Å²) in [5.74, 6) is -0.619. The molecule has 2 rings (SSSR count). The second kappa shape index (κ2) is 9.61. The van der Waals surface area contributed by atoms with Crippen LogP contribution in [0.5, 0.6) is 5.75 Å². The molecule has 0 aliphatic carbocycles. The number of amides is 2. The molecule has 0 spiro atoms. The zero-order valence-corrected chi connectivity index (χ0v) is 17.1. The van der Waals surface area contributed by atoms with E-state index >= 15 is 0 Å². The zero-order valence-electron chi connectivity index (χ0n) is 15.5. The molecule has 150 valence electrons. The molecule has 7 nitrogen and oxygen atoms in total. The minimum atomic E-state index is -0.781. The maximum absolute atomic E-state index is 12.5. The van der Waals surface area contributed by atoms with Gasteiger partial charge in [-0.3, -0.25) is 9.59 Å². The molecule has 0 saturated heterocycles. The lowest BCUT2D eigenvalue weighted by atomic mass is 10.0. The van der Waals surface area contributed by atoms with E-state index in [9.17, 15) is 9.59 Å². The summed E-state index contributed by atoms with van der Waals surface area (Å²) in [6.07, 6.45) is 1.73. The van der Waals surface area contributed by atoms with Gasteiger partial charge < -0.3 is 21.5 Å². The predicted molar refractivity (Wildman–Crippen MR) is 109 cm³/mol. The molecular formula is C19H22Cl2N4O3. The van der Waals surface area contributed by atoms with Crippen LogP contribution in [0.25, 0.3) is 0 Å². The lowest BCUT2D eigenvalue weighted by Gasteiger charge is -2.18. The van der Waals surface area contributed by atoms with Gasteiger partial charge in [-0.1, -0.05) is 43.1 Å². The maximum Gasteiger partial charge on any atom is 0.253 e. The highest BCUT2D eigenvalue weighted by atomic mass is 35.5. The van der Waals surface area contributed by atoms with Crippen LogP contribution in [0.1, 0.15) is 36.2 Å². The Bertz CT molecular complexity index is 854. The van der Waals surface area contributed by atoms with Gasteiger partial charge in [0.25, 0.3) is 5.91 Å². The number of nitrogens with one attached hydrogen (secondary N) is 1. The molecule has 9 heteroatoms. The number of carbonyl (C=O) groups is 2. The molecule has 1 atom stereocenters. The van der Waals surface area contributed by atoms with E-state index in [0.717, 1.165) is 0 Å². The van der Waals surface area contributed by atoms with Crippen LogP contribution >= 0.6 is 23.2 Å². The average molecular weight is 425 g/mol. The standard InChI is InChI=1S/C19H22Cl2N4O3/c1-10(2)6-15(18(23)26)25-19(27)11-7-16(17(22)24-8-11)28-9-12-13(20)4-3-5-14(12)21/h3-5,7-8,10,15H,6,9H2,1-2H3,(H2,22,24)(H2,23,26)(H,25,27). The van der Waals surface area contributed by atoms with Crippen molar-refractivity contribution < 1.29 is 14.3 Å². The predicted octanol–water partition coefficient (Wildman–Crippen LogP) is 3.18. The number of halogens is 2. The minimum absolute atomic E-state index is 0.0483. The van der Waals surface area contributed by atoms with Gasteiger partial charge in [-0.05, 0) is 30.5 Å². The molecule has 0 bridgehead atoms. The quantitative estimate of drug-likeness (QED) is 0.600. The number of nitrogens with zero attached hydrogens (tertiary/aromatic N) is 1. The highest BCUT2D eigenvalue weighted by molar-refractivity contribution is 6.35. The first kappa shape index (κ1) is 21.8. The molecule has 1 unspecified atom stereocenters. The first-order chi connectivity index (χ1) is 13.2. The summed E-state index contributed by atoms with van der Waals surface area (Å²) in [5, 5.41) is 3.51. The lowest BCUT2D eigenvalue weighted by molar-refractivity contribution is -0.120. The smallest absolute Gasteiger partial charge is 0.253 e. The molecule has 0 aliphatic rings. The van der Waals surface area contributed by atoms with Crippen molar-refractivity contribution in [3.05, 3.63) is 51.6 Å². The lowest BCUT2D eigenvalue weighted by Crippen LogP contribution is -2.45. The molecule has 0 saturated carbocycles. The molecule has 0 radical (unpaired) electrons. The Morgan fingerprint density at radius 1 is 1.25 bits per heavy atom. The fourth-order valence-electron chi connectivity index (χ4n) is 2.47. The Balaban J connectivity index is 2.15. The van der Waals surface area contributed by atoms with Crippen LogP contribution in [0, 0.1) is 5.92 Å². The summed E-state index contributed by atoms with van der Waals surface area (Å²) in [6, 6.07) is 5.76. The van der Waals surface area contributed by atoms with Gasteiger partial charge in [0.05, 0.1) is 5.56 Å². The van der Waals surface area contributed by atoms with Gasteiger partial charge in [-0.25, -0.2) is 4.98 Å². The Kier molecular flexibility index (Phi) is 7.48. The summed E-state index contributed by atoms with van der Waals surface area (Å²) in [5.41, 5.74) is 12.0. The van der Waals surface area contributed by atoms with Crippen LogP contribution in [0.2, 0.25) is 10.0 Å². The van der Waals surface area contributed by atoms with Crippen LogP contribution in [0.4, 0.5) is 5.82 Å². The van der Waals surface area contributed by atoms with Crippen molar-refractivity contribution in [2.75, 3.05) is 5.73 Å². The third-order valence-corrected chi connectivity index (χ3v) is 4.64. The summed E-state index contributed by atoms with van der Waals surface area (Å²) in [7, 11) is 0. The van der Waals surface area contributed by atoms with Crippen molar-refractivity contribution in [3.8, 4) is 5.75 Å². The van der Waals surface area contributed by atoms with Crippen molar-refractivity contribution >= 4 is 40.8 Å². The van der Waals surface area contributed by atoms with Crippen molar-refractivity contribution in [1.29, 1.82) is 0 Å². The molecule has 2 amide bonds. The van der Waals surface area contributed by atoms with Crippen LogP contribution in [-0.4, -0.2) is 22.8 Å². The van der Waals surface area contributed by atoms with Crippen molar-refractivity contribution in [2.45, 2.75) is 32.9 Å². The van der Waals surface area contributed by atoms with E-state index in [0.29, 0.717) is 22.0 Å². The van der Waals surface area contributed by atoms with E-state index in [4.69, 9.17) is 39.4 Å². The van der Waals surface area contributed by atoms with Gasteiger partial charge in [-0.2, -0.15) is 0 Å². The van der Waals surface area contributed by atoms with Crippen LogP contribution < -0.4 is 21.5 Å². The Labute approximate surface area is 173 Å². The molecule has 1 aromatic carbocycles. The monoisotopic (exact) mass is 424 g/mol. The van der Waals surface area contributed by atoms with E-state index in [1.54, 1.807) is 18.2 Å². The van der Waals surface area contributed by atoms with Crippen LogP contribution in [0.15, 0.2) is 30.5 Å². The van der Waals surface area contributed by atoms with Crippen molar-refractivity contribution in [1.82, 2.24) is 10.3 Å². The van der Waals surface area contributed by atoms with Gasteiger partial charge in [0.1, 0.15) is 12.6 Å². The molecular weight excluding hydrogens is 403 g/mol. The normalized spacial score (nSPS) is 11.9. The number of carbonyl (C=O) groups excluding carboxylic acids is 2. The number of rotatable bonds is 8. The zero-order chi connectivity index (χ0) is 20.8. The highest BCUT2D eigenvalue weighted by Crippen LogP contribution is 2.27. The third kappa shape index (κ3) is 5.74.